The number of nitrogens with one attached hydrogen (secondary N) is 1. The van der Waals surface area contributed by atoms with Gasteiger partial charge in [-0.15, -0.1) is 0 Å². The molecule has 0 aliphatic carbocycles. The van der Waals surface area contributed by atoms with Crippen LogP contribution in [0.3, 0.4) is 0 Å². The zero-order valence-electron chi connectivity index (χ0n) is 19.6. The minimum atomic E-state index is -0.644. The lowest BCUT2D eigenvalue weighted by atomic mass is 10.1. The van der Waals surface area contributed by atoms with E-state index in [4.69, 9.17) is 9.47 Å². The normalized spacial score (nSPS) is 10.6. The van der Waals surface area contributed by atoms with Crippen molar-refractivity contribution in [2.45, 2.75) is 27.0 Å². The van der Waals surface area contributed by atoms with E-state index in [-0.39, 0.29) is 23.2 Å². The maximum Gasteiger partial charge on any atom is 0.407 e. The number of benzene rings is 2. The van der Waals surface area contributed by atoms with E-state index in [1.807, 2.05) is 6.92 Å². The molecule has 0 aliphatic rings. The number of esters is 1. The van der Waals surface area contributed by atoms with Crippen molar-refractivity contribution in [3.05, 3.63) is 91.1 Å². The number of ether oxygens (including phenoxy) is 3. The average molecular weight is 547 g/mol. The Bertz CT molecular complexity index is 1340. The molecule has 0 saturated heterocycles. The number of carbonyl (C=O) groups excluding carboxylic acids is 2. The molecule has 0 spiro atoms. The number of halogens is 2. The summed E-state index contributed by atoms with van der Waals surface area (Å²) in [4.78, 5) is 36.6. The molecule has 0 saturated carbocycles. The summed E-state index contributed by atoms with van der Waals surface area (Å²) < 4.78 is 30.7. The molecule has 1 heterocycles. The predicted octanol–water partition coefficient (Wildman–Crippen LogP) is 4.58. The van der Waals surface area contributed by atoms with Crippen molar-refractivity contribution in [3.63, 3.8) is 0 Å². The third kappa shape index (κ3) is 5.89. The molecule has 0 aliphatic heterocycles. The van der Waals surface area contributed by atoms with Gasteiger partial charge >= 0.3 is 12.1 Å². The fourth-order valence-electron chi connectivity index (χ4n) is 3.48. The minimum absolute atomic E-state index is 0.0246. The van der Waals surface area contributed by atoms with Crippen molar-refractivity contribution in [1.82, 2.24) is 9.88 Å². The van der Waals surface area contributed by atoms with Crippen molar-refractivity contribution in [1.29, 1.82) is 0 Å². The van der Waals surface area contributed by atoms with Crippen molar-refractivity contribution < 1.29 is 28.2 Å². The minimum Gasteiger partial charge on any atom is -0.487 e. The number of hydrogen-bond donors (Lipinski definition) is 1. The van der Waals surface area contributed by atoms with Crippen molar-refractivity contribution in [3.8, 4) is 11.4 Å². The first kappa shape index (κ1) is 26.0. The van der Waals surface area contributed by atoms with E-state index in [0.29, 0.717) is 33.8 Å². The Labute approximate surface area is 209 Å². The Balaban J connectivity index is 1.92. The summed E-state index contributed by atoms with van der Waals surface area (Å²) in [6.07, 6.45) is -0.644. The van der Waals surface area contributed by atoms with Crippen LogP contribution < -0.4 is 15.6 Å². The highest BCUT2D eigenvalue weighted by Crippen LogP contribution is 2.27. The molecule has 0 bridgehead atoms. The zero-order valence-corrected chi connectivity index (χ0v) is 21.2. The summed E-state index contributed by atoms with van der Waals surface area (Å²) in [6, 6.07) is 10.8. The molecule has 1 N–H and O–H groups in total. The van der Waals surface area contributed by atoms with Gasteiger partial charge in [-0.25, -0.2) is 14.0 Å². The molecule has 3 rings (SSSR count). The van der Waals surface area contributed by atoms with E-state index in [9.17, 15) is 18.8 Å². The van der Waals surface area contributed by atoms with E-state index < -0.39 is 17.9 Å². The molecule has 35 heavy (non-hydrogen) atoms. The Morgan fingerprint density at radius 1 is 1.03 bits per heavy atom. The van der Waals surface area contributed by atoms with Crippen LogP contribution in [0.5, 0.6) is 5.75 Å². The monoisotopic (exact) mass is 546 g/mol. The number of aryl methyl sites for hydroxylation is 2. The van der Waals surface area contributed by atoms with Gasteiger partial charge in [-0.2, -0.15) is 0 Å². The third-order valence-corrected chi connectivity index (χ3v) is 6.06. The number of rotatable bonds is 7. The van der Waals surface area contributed by atoms with Crippen LogP contribution in [-0.4, -0.2) is 30.8 Å². The quantitative estimate of drug-likeness (QED) is 0.436. The summed E-state index contributed by atoms with van der Waals surface area (Å²) >= 11 is 3.33. The van der Waals surface area contributed by atoms with Crippen LogP contribution in [0.4, 0.5) is 9.18 Å². The first-order valence-corrected chi connectivity index (χ1v) is 11.3. The van der Waals surface area contributed by atoms with Gasteiger partial charge in [-0.1, -0.05) is 12.1 Å². The first-order chi connectivity index (χ1) is 16.7. The molecule has 8 nitrogen and oxygen atoms in total. The van der Waals surface area contributed by atoms with E-state index in [0.717, 1.165) is 5.56 Å². The topological polar surface area (TPSA) is 95.9 Å². The van der Waals surface area contributed by atoms with Gasteiger partial charge in [0.1, 0.15) is 22.6 Å². The van der Waals surface area contributed by atoms with Gasteiger partial charge in [-0.3, -0.25) is 9.36 Å². The third-order valence-electron chi connectivity index (χ3n) is 5.33. The highest BCUT2D eigenvalue weighted by molar-refractivity contribution is 9.10. The van der Waals surface area contributed by atoms with E-state index in [1.54, 1.807) is 37.3 Å². The van der Waals surface area contributed by atoms with Gasteiger partial charge in [0.2, 0.25) is 0 Å². The predicted molar refractivity (Wildman–Crippen MR) is 131 cm³/mol. The summed E-state index contributed by atoms with van der Waals surface area (Å²) in [5.74, 6) is -0.672. The van der Waals surface area contributed by atoms with E-state index in [1.165, 1.54) is 30.9 Å². The molecular formula is C25H24BrFN2O6. The molecule has 0 atom stereocenters. The molecule has 2 aromatic carbocycles. The van der Waals surface area contributed by atoms with Crippen LogP contribution >= 0.6 is 15.9 Å². The Morgan fingerprint density at radius 2 is 1.77 bits per heavy atom. The summed E-state index contributed by atoms with van der Waals surface area (Å²) in [7, 11) is 2.53. The molecule has 184 valence electrons. The number of nitrogens with zero attached hydrogens (tertiary/aromatic N) is 1. The Morgan fingerprint density at radius 3 is 2.46 bits per heavy atom. The summed E-state index contributed by atoms with van der Waals surface area (Å²) in [6.45, 7) is 3.64. The summed E-state index contributed by atoms with van der Waals surface area (Å²) in [5.41, 5.74) is 2.97. The number of aromatic nitrogens is 1. The standard InChI is InChI=1S/C25H24BrFN2O6/c1-14-5-6-16(24(31)33-3)11-20(14)29-15(2)9-21(22(26)23(29)30)35-13-17-7-8-19(27)10-18(17)12-28-25(32)34-4/h5-11H,12-13H2,1-4H3,(H,28,32). The highest BCUT2D eigenvalue weighted by Gasteiger charge is 2.17. The number of pyridine rings is 1. The number of carbonyl (C=O) groups is 2. The lowest BCUT2D eigenvalue weighted by Gasteiger charge is -2.17. The molecule has 0 unspecified atom stereocenters. The maximum absolute atomic E-state index is 13.8. The highest BCUT2D eigenvalue weighted by atomic mass is 79.9. The fourth-order valence-corrected chi connectivity index (χ4v) is 3.88. The largest absolute Gasteiger partial charge is 0.487 e. The average Bonchev–Trinajstić information content (AvgIpc) is 2.85. The van der Waals surface area contributed by atoms with Crippen LogP contribution in [0, 0.1) is 19.7 Å². The van der Waals surface area contributed by atoms with Crippen LogP contribution in [0.2, 0.25) is 0 Å². The van der Waals surface area contributed by atoms with E-state index in [2.05, 4.69) is 26.0 Å². The second-order valence-corrected chi connectivity index (χ2v) is 8.44. The number of hydrogen-bond acceptors (Lipinski definition) is 6. The maximum atomic E-state index is 13.8. The number of methoxy groups -OCH3 is 2. The van der Waals surface area contributed by atoms with Gasteiger partial charge in [0.05, 0.1) is 25.5 Å². The van der Waals surface area contributed by atoms with Crippen LogP contribution in [0.1, 0.15) is 32.7 Å². The van der Waals surface area contributed by atoms with Crippen LogP contribution in [0.15, 0.2) is 51.7 Å². The van der Waals surface area contributed by atoms with Crippen LogP contribution in [-0.2, 0) is 22.6 Å². The second kappa shape index (κ2) is 11.2. The molecule has 1 aromatic heterocycles. The van der Waals surface area contributed by atoms with Gasteiger partial charge in [0.25, 0.3) is 5.56 Å². The molecule has 0 fully saturated rings. The number of alkyl carbamates (subject to hydrolysis) is 1. The van der Waals surface area contributed by atoms with Gasteiger partial charge in [-0.05, 0) is 70.7 Å². The Kier molecular flexibility index (Phi) is 8.29. The van der Waals surface area contributed by atoms with Crippen molar-refractivity contribution >= 4 is 28.0 Å². The molecule has 10 heteroatoms. The molecular weight excluding hydrogens is 523 g/mol. The lowest BCUT2D eigenvalue weighted by molar-refractivity contribution is 0.0600. The molecule has 3 aromatic rings. The Hall–Kier alpha value is -3.66. The first-order valence-electron chi connectivity index (χ1n) is 10.5. The molecule has 0 radical (unpaired) electrons. The van der Waals surface area contributed by atoms with Gasteiger partial charge < -0.3 is 19.5 Å². The fraction of sp³-hybridized carbons (Fsp3) is 0.240. The van der Waals surface area contributed by atoms with Crippen molar-refractivity contribution in [2.24, 2.45) is 0 Å². The lowest BCUT2D eigenvalue weighted by Crippen LogP contribution is -2.24. The SMILES string of the molecule is COC(=O)NCc1cc(F)ccc1COc1cc(C)n(-c2cc(C(=O)OC)ccc2C)c(=O)c1Br. The van der Waals surface area contributed by atoms with Gasteiger partial charge in [0, 0.05) is 18.3 Å². The number of amides is 1. The second-order valence-electron chi connectivity index (χ2n) is 7.64. The summed E-state index contributed by atoms with van der Waals surface area (Å²) in [5, 5.41) is 2.51. The zero-order chi connectivity index (χ0) is 25.7. The molecule has 1 amide bonds. The van der Waals surface area contributed by atoms with E-state index >= 15 is 0 Å². The van der Waals surface area contributed by atoms with Crippen molar-refractivity contribution in [2.75, 3.05) is 14.2 Å². The van der Waals surface area contributed by atoms with Gasteiger partial charge in [0.15, 0.2) is 0 Å². The van der Waals surface area contributed by atoms with Crippen LogP contribution in [0.25, 0.3) is 5.69 Å². The smallest absolute Gasteiger partial charge is 0.407 e.